The molecule has 0 spiro atoms. The molecule has 0 aliphatic carbocycles. The van der Waals surface area contributed by atoms with E-state index in [1.165, 1.54) is 0 Å². The maximum atomic E-state index is 12.6. The van der Waals surface area contributed by atoms with Crippen LogP contribution in [0.5, 0.6) is 11.5 Å². The molecule has 2 atom stereocenters. The first kappa shape index (κ1) is 20.0. The molecule has 1 aromatic heterocycles. The number of ether oxygens (including phenoxy) is 2. The largest absolute Gasteiger partial charge is 0.490 e. The summed E-state index contributed by atoms with van der Waals surface area (Å²) in [5.41, 5.74) is 3.82. The zero-order valence-electron chi connectivity index (χ0n) is 17.3. The zero-order valence-corrected chi connectivity index (χ0v) is 17.3. The zero-order chi connectivity index (χ0) is 20.9. The molecule has 0 saturated heterocycles. The number of aromatic nitrogens is 1. The van der Waals surface area contributed by atoms with Crippen LogP contribution in [0.2, 0.25) is 0 Å². The third kappa shape index (κ3) is 4.01. The van der Waals surface area contributed by atoms with Gasteiger partial charge >= 0.3 is 0 Å². The standard InChI is InChI=1S/C25H26N2O3/c1-3-29-22-13-12-17(15-23(22)30-4-2)21(16-18-9-7-8-14-26-18)24-19-10-5-6-11-20(19)25(28)27-24/h5-15,21,24H,3-4,16H2,1-2H3,(H,27,28). The van der Waals surface area contributed by atoms with E-state index < -0.39 is 0 Å². The number of benzene rings is 2. The first-order chi connectivity index (χ1) is 14.7. The molecule has 3 aromatic rings. The molecule has 0 bridgehead atoms. The van der Waals surface area contributed by atoms with Gasteiger partial charge in [-0.15, -0.1) is 0 Å². The quantitative estimate of drug-likeness (QED) is 0.594. The van der Waals surface area contributed by atoms with Crippen LogP contribution < -0.4 is 14.8 Å². The van der Waals surface area contributed by atoms with Crippen LogP contribution in [0.15, 0.2) is 66.9 Å². The van der Waals surface area contributed by atoms with Crippen LogP contribution in [0.3, 0.4) is 0 Å². The van der Waals surface area contributed by atoms with Gasteiger partial charge in [0.1, 0.15) is 0 Å². The summed E-state index contributed by atoms with van der Waals surface area (Å²) in [6.45, 7) is 5.04. The van der Waals surface area contributed by atoms with Crippen LogP contribution in [0.4, 0.5) is 0 Å². The van der Waals surface area contributed by atoms with Gasteiger partial charge in [0, 0.05) is 23.4 Å². The number of nitrogens with zero attached hydrogens (tertiary/aromatic N) is 1. The number of carbonyl (C=O) groups is 1. The Morgan fingerprint density at radius 3 is 2.50 bits per heavy atom. The molecule has 1 amide bonds. The van der Waals surface area contributed by atoms with Gasteiger partial charge in [0.2, 0.25) is 0 Å². The molecule has 0 radical (unpaired) electrons. The summed E-state index contributed by atoms with van der Waals surface area (Å²) in [7, 11) is 0. The summed E-state index contributed by atoms with van der Waals surface area (Å²) >= 11 is 0. The van der Waals surface area contributed by atoms with E-state index in [2.05, 4.69) is 16.4 Å². The fourth-order valence-electron chi connectivity index (χ4n) is 4.06. The average molecular weight is 402 g/mol. The summed E-state index contributed by atoms with van der Waals surface area (Å²) in [6.07, 6.45) is 2.50. The van der Waals surface area contributed by atoms with Crippen molar-refractivity contribution in [1.29, 1.82) is 0 Å². The van der Waals surface area contributed by atoms with Gasteiger partial charge in [-0.1, -0.05) is 30.3 Å². The van der Waals surface area contributed by atoms with Crippen LogP contribution in [0, 0.1) is 0 Å². The molecule has 1 aliphatic rings. The highest BCUT2D eigenvalue weighted by Gasteiger charge is 2.35. The van der Waals surface area contributed by atoms with Gasteiger partial charge < -0.3 is 14.8 Å². The second-order valence-corrected chi connectivity index (χ2v) is 7.24. The average Bonchev–Trinajstić information content (AvgIpc) is 3.11. The van der Waals surface area contributed by atoms with Crippen LogP contribution in [0.25, 0.3) is 0 Å². The molecule has 0 saturated carbocycles. The number of hydrogen-bond acceptors (Lipinski definition) is 4. The van der Waals surface area contributed by atoms with E-state index in [9.17, 15) is 4.79 Å². The predicted octanol–water partition coefficient (Wildman–Crippen LogP) is 4.69. The van der Waals surface area contributed by atoms with Crippen LogP contribution in [0.1, 0.15) is 53.0 Å². The maximum Gasteiger partial charge on any atom is 0.252 e. The molecule has 30 heavy (non-hydrogen) atoms. The van der Waals surface area contributed by atoms with Crippen LogP contribution >= 0.6 is 0 Å². The van der Waals surface area contributed by atoms with Gasteiger partial charge in [0.05, 0.1) is 19.3 Å². The van der Waals surface area contributed by atoms with Crippen LogP contribution in [-0.4, -0.2) is 24.1 Å². The Morgan fingerprint density at radius 2 is 1.73 bits per heavy atom. The summed E-state index contributed by atoms with van der Waals surface area (Å²) < 4.78 is 11.6. The van der Waals surface area contributed by atoms with Crippen molar-refractivity contribution in [3.63, 3.8) is 0 Å². The number of pyridine rings is 1. The summed E-state index contributed by atoms with van der Waals surface area (Å²) in [6, 6.07) is 19.6. The number of rotatable bonds is 8. The molecule has 5 nitrogen and oxygen atoms in total. The Morgan fingerprint density at radius 1 is 0.967 bits per heavy atom. The van der Waals surface area contributed by atoms with E-state index >= 15 is 0 Å². The van der Waals surface area contributed by atoms with E-state index in [0.717, 1.165) is 33.9 Å². The highest BCUT2D eigenvalue weighted by atomic mass is 16.5. The lowest BCUT2D eigenvalue weighted by Gasteiger charge is -2.26. The van der Waals surface area contributed by atoms with E-state index in [4.69, 9.17) is 9.47 Å². The monoisotopic (exact) mass is 402 g/mol. The van der Waals surface area contributed by atoms with Crippen molar-refractivity contribution in [2.75, 3.05) is 13.2 Å². The molecule has 154 valence electrons. The third-order valence-corrected chi connectivity index (χ3v) is 5.38. The highest BCUT2D eigenvalue weighted by molar-refractivity contribution is 5.99. The number of hydrogen-bond donors (Lipinski definition) is 1. The second-order valence-electron chi connectivity index (χ2n) is 7.24. The van der Waals surface area contributed by atoms with Crippen molar-refractivity contribution in [3.8, 4) is 11.5 Å². The maximum absolute atomic E-state index is 12.6. The fraction of sp³-hybridized carbons (Fsp3) is 0.280. The van der Waals surface area contributed by atoms with Crippen molar-refractivity contribution < 1.29 is 14.3 Å². The minimum atomic E-state index is -0.136. The Bertz CT molecular complexity index is 1020. The minimum absolute atomic E-state index is 0.00221. The Hall–Kier alpha value is -3.34. The Labute approximate surface area is 177 Å². The first-order valence-corrected chi connectivity index (χ1v) is 10.4. The molecule has 4 rings (SSSR count). The van der Waals surface area contributed by atoms with Gasteiger partial charge in [0.25, 0.3) is 5.91 Å². The van der Waals surface area contributed by atoms with E-state index in [-0.39, 0.29) is 17.9 Å². The molecular weight excluding hydrogens is 376 g/mol. The Balaban J connectivity index is 1.77. The third-order valence-electron chi connectivity index (χ3n) is 5.38. The molecule has 2 unspecified atom stereocenters. The van der Waals surface area contributed by atoms with Gasteiger partial charge in [-0.2, -0.15) is 0 Å². The molecule has 2 heterocycles. The lowest BCUT2D eigenvalue weighted by Crippen LogP contribution is -2.26. The molecule has 1 N–H and O–H groups in total. The smallest absolute Gasteiger partial charge is 0.252 e. The predicted molar refractivity (Wildman–Crippen MR) is 116 cm³/mol. The SMILES string of the molecule is CCOc1ccc(C(Cc2ccccn2)C2NC(=O)c3ccccc32)cc1OCC. The van der Waals surface area contributed by atoms with E-state index in [0.29, 0.717) is 19.6 Å². The van der Waals surface area contributed by atoms with Gasteiger partial charge in [-0.05, 0) is 61.7 Å². The molecule has 2 aromatic carbocycles. The van der Waals surface area contributed by atoms with Crippen molar-refractivity contribution in [3.05, 3.63) is 89.2 Å². The van der Waals surface area contributed by atoms with Gasteiger partial charge in [-0.25, -0.2) is 0 Å². The fourth-order valence-corrected chi connectivity index (χ4v) is 4.06. The van der Waals surface area contributed by atoms with Crippen molar-refractivity contribution in [2.24, 2.45) is 0 Å². The second kappa shape index (κ2) is 8.99. The van der Waals surface area contributed by atoms with Gasteiger partial charge in [-0.3, -0.25) is 9.78 Å². The lowest BCUT2D eigenvalue weighted by molar-refractivity contribution is 0.0952. The number of fused-ring (bicyclic) bond motifs is 1. The molecule has 1 aliphatic heterocycles. The topological polar surface area (TPSA) is 60.5 Å². The normalized spacial score (nSPS) is 15.9. The number of nitrogens with one attached hydrogen (secondary N) is 1. The van der Waals surface area contributed by atoms with Crippen LogP contribution in [-0.2, 0) is 6.42 Å². The van der Waals surface area contributed by atoms with E-state index in [1.807, 2.05) is 68.4 Å². The number of amides is 1. The van der Waals surface area contributed by atoms with Crippen molar-refractivity contribution in [2.45, 2.75) is 32.2 Å². The molecule has 5 heteroatoms. The highest BCUT2D eigenvalue weighted by Crippen LogP contribution is 2.41. The minimum Gasteiger partial charge on any atom is -0.490 e. The van der Waals surface area contributed by atoms with Crippen molar-refractivity contribution >= 4 is 5.91 Å². The summed E-state index contributed by atoms with van der Waals surface area (Å²) in [5.74, 6) is 1.43. The van der Waals surface area contributed by atoms with Gasteiger partial charge in [0.15, 0.2) is 11.5 Å². The molecule has 0 fully saturated rings. The lowest BCUT2D eigenvalue weighted by atomic mass is 9.84. The van der Waals surface area contributed by atoms with Crippen molar-refractivity contribution in [1.82, 2.24) is 10.3 Å². The summed E-state index contributed by atoms with van der Waals surface area (Å²) in [5, 5.41) is 3.19. The number of carbonyl (C=O) groups excluding carboxylic acids is 1. The Kier molecular flexibility index (Phi) is 5.98. The molecular formula is C25H26N2O3. The first-order valence-electron chi connectivity index (χ1n) is 10.4. The summed E-state index contributed by atoms with van der Waals surface area (Å²) in [4.78, 5) is 17.1. The van der Waals surface area contributed by atoms with E-state index in [1.54, 1.807) is 6.20 Å².